The van der Waals surface area contributed by atoms with Gasteiger partial charge in [0.25, 0.3) is 0 Å². The maximum absolute atomic E-state index is 12.6. The van der Waals surface area contributed by atoms with Crippen molar-refractivity contribution < 1.29 is 9.53 Å². The first-order chi connectivity index (χ1) is 14.0. The van der Waals surface area contributed by atoms with Crippen LogP contribution < -0.4 is 4.74 Å². The first-order valence-corrected chi connectivity index (χ1v) is 10.8. The summed E-state index contributed by atoms with van der Waals surface area (Å²) >= 11 is 0. The van der Waals surface area contributed by atoms with Crippen LogP contribution in [0, 0.1) is 23.2 Å². The summed E-state index contributed by atoms with van der Waals surface area (Å²) in [4.78, 5) is 12.6. The van der Waals surface area contributed by atoms with Crippen molar-refractivity contribution in [3.8, 4) is 11.8 Å². The monoisotopic (exact) mass is 389 g/mol. The Morgan fingerprint density at radius 3 is 2.41 bits per heavy atom. The van der Waals surface area contributed by atoms with E-state index in [1.54, 1.807) is 6.07 Å². The number of ether oxygens (including phenoxy) is 1. The van der Waals surface area contributed by atoms with E-state index in [1.165, 1.54) is 31.2 Å². The molecule has 0 aliphatic heterocycles. The van der Waals surface area contributed by atoms with Gasteiger partial charge in [-0.05, 0) is 78.8 Å². The van der Waals surface area contributed by atoms with Gasteiger partial charge in [-0.1, -0.05) is 51.8 Å². The lowest BCUT2D eigenvalue weighted by Crippen LogP contribution is -2.12. The number of hydrogen-bond donors (Lipinski definition) is 0. The summed E-state index contributed by atoms with van der Waals surface area (Å²) in [6.45, 7) is 6.69. The van der Waals surface area contributed by atoms with Gasteiger partial charge in [-0.3, -0.25) is 0 Å². The highest BCUT2D eigenvalue weighted by atomic mass is 16.5. The molecule has 0 bridgehead atoms. The van der Waals surface area contributed by atoms with Crippen LogP contribution in [0.1, 0.15) is 85.8 Å². The molecule has 3 nitrogen and oxygen atoms in total. The van der Waals surface area contributed by atoms with Crippen LogP contribution in [0.15, 0.2) is 42.5 Å². The molecule has 3 rings (SSSR count). The predicted molar refractivity (Wildman–Crippen MR) is 116 cm³/mol. The molecule has 2 aromatic rings. The smallest absolute Gasteiger partial charge is 0.343 e. The van der Waals surface area contributed by atoms with Crippen LogP contribution >= 0.6 is 0 Å². The highest BCUT2D eigenvalue weighted by Gasteiger charge is 2.20. The van der Waals surface area contributed by atoms with Gasteiger partial charge in [-0.2, -0.15) is 5.26 Å². The number of carbonyl (C=O) groups excluding carboxylic acids is 1. The zero-order chi connectivity index (χ0) is 20.8. The van der Waals surface area contributed by atoms with Crippen molar-refractivity contribution >= 4 is 5.97 Å². The molecule has 1 fully saturated rings. The Hall–Kier alpha value is -2.60. The highest BCUT2D eigenvalue weighted by Crippen LogP contribution is 2.35. The number of rotatable bonds is 6. The number of aryl methyl sites for hydroxylation is 1. The second-order valence-corrected chi connectivity index (χ2v) is 8.84. The van der Waals surface area contributed by atoms with Crippen LogP contribution in [0.3, 0.4) is 0 Å². The van der Waals surface area contributed by atoms with Gasteiger partial charge >= 0.3 is 5.97 Å². The van der Waals surface area contributed by atoms with Gasteiger partial charge in [0.05, 0.1) is 11.1 Å². The summed E-state index contributed by atoms with van der Waals surface area (Å²) in [5.74, 6) is 1.95. The van der Waals surface area contributed by atoms with Gasteiger partial charge in [0, 0.05) is 0 Å². The minimum absolute atomic E-state index is 0.330. The third-order valence-corrected chi connectivity index (χ3v) is 6.01. The van der Waals surface area contributed by atoms with Gasteiger partial charge in [-0.25, -0.2) is 4.79 Å². The maximum atomic E-state index is 12.6. The summed E-state index contributed by atoms with van der Waals surface area (Å²) in [5, 5.41) is 9.46. The number of nitrogens with zero attached hydrogens (tertiary/aromatic N) is 1. The molecule has 1 aliphatic carbocycles. The fourth-order valence-corrected chi connectivity index (χ4v) is 4.01. The van der Waals surface area contributed by atoms with E-state index in [2.05, 4.69) is 39.0 Å². The Morgan fingerprint density at radius 1 is 1.10 bits per heavy atom. The molecule has 29 heavy (non-hydrogen) atoms. The zero-order valence-corrected chi connectivity index (χ0v) is 17.8. The SMILES string of the molecule is CC(C)CCc1ccc(OC(=O)c2ccc(C3CCC(C)CC3)cc2)c(C#N)c1. The van der Waals surface area contributed by atoms with Crippen LogP contribution in [0.5, 0.6) is 5.75 Å². The molecule has 0 aromatic heterocycles. The molecule has 152 valence electrons. The lowest BCUT2D eigenvalue weighted by molar-refractivity contribution is 0.0734. The van der Waals surface area contributed by atoms with E-state index in [-0.39, 0.29) is 0 Å². The number of esters is 1. The molecule has 0 radical (unpaired) electrons. The standard InChI is InChI=1S/C26H31NO2/c1-18(2)4-7-20-8-15-25(24(16-20)17-27)29-26(28)23-13-11-22(12-14-23)21-9-5-19(3)6-10-21/h8,11-16,18-19,21H,4-7,9-10H2,1-3H3. The Kier molecular flexibility index (Phi) is 7.09. The number of carbonyl (C=O) groups is 1. The van der Waals surface area contributed by atoms with E-state index in [9.17, 15) is 10.1 Å². The lowest BCUT2D eigenvalue weighted by Gasteiger charge is -2.26. The molecule has 0 amide bonds. The van der Waals surface area contributed by atoms with Gasteiger partial charge in [0.1, 0.15) is 11.8 Å². The molecule has 0 N–H and O–H groups in total. The summed E-state index contributed by atoms with van der Waals surface area (Å²) in [6, 6.07) is 15.5. The van der Waals surface area contributed by atoms with E-state index in [4.69, 9.17) is 4.74 Å². The topological polar surface area (TPSA) is 50.1 Å². The summed E-state index contributed by atoms with van der Waals surface area (Å²) in [6.07, 6.45) is 6.98. The van der Waals surface area contributed by atoms with E-state index in [1.807, 2.05) is 24.3 Å². The average Bonchev–Trinajstić information content (AvgIpc) is 2.73. The molecule has 0 unspecified atom stereocenters. The minimum atomic E-state index is -0.416. The van der Waals surface area contributed by atoms with Crippen molar-refractivity contribution in [2.75, 3.05) is 0 Å². The van der Waals surface area contributed by atoms with Gasteiger partial charge < -0.3 is 4.74 Å². The third kappa shape index (κ3) is 5.70. The number of nitriles is 1. The van der Waals surface area contributed by atoms with E-state index >= 15 is 0 Å². The summed E-state index contributed by atoms with van der Waals surface area (Å²) in [7, 11) is 0. The fraction of sp³-hybridized carbons (Fsp3) is 0.462. The second kappa shape index (κ2) is 9.74. The van der Waals surface area contributed by atoms with Crippen molar-refractivity contribution in [2.45, 2.75) is 65.2 Å². The second-order valence-electron chi connectivity index (χ2n) is 8.84. The molecular weight excluding hydrogens is 358 g/mol. The largest absolute Gasteiger partial charge is 0.422 e. The van der Waals surface area contributed by atoms with E-state index in [0.717, 1.165) is 24.3 Å². The molecule has 0 heterocycles. The quantitative estimate of drug-likeness (QED) is 0.410. The van der Waals surface area contributed by atoms with Crippen molar-refractivity contribution in [3.05, 3.63) is 64.7 Å². The van der Waals surface area contributed by atoms with E-state index < -0.39 is 5.97 Å². The Labute approximate surface area is 174 Å². The van der Waals surface area contributed by atoms with Crippen molar-refractivity contribution in [1.82, 2.24) is 0 Å². The molecule has 0 atom stereocenters. The Balaban J connectivity index is 1.66. The maximum Gasteiger partial charge on any atom is 0.343 e. The van der Waals surface area contributed by atoms with Crippen LogP contribution in [0.25, 0.3) is 0 Å². The Bertz CT molecular complexity index is 869. The first-order valence-electron chi connectivity index (χ1n) is 10.8. The van der Waals surface area contributed by atoms with E-state index in [0.29, 0.717) is 28.7 Å². The molecule has 2 aromatic carbocycles. The van der Waals surface area contributed by atoms with Crippen molar-refractivity contribution in [1.29, 1.82) is 5.26 Å². The van der Waals surface area contributed by atoms with Crippen molar-refractivity contribution in [3.63, 3.8) is 0 Å². The predicted octanol–water partition coefficient (Wildman–Crippen LogP) is 6.66. The van der Waals surface area contributed by atoms with Crippen LogP contribution in [-0.2, 0) is 6.42 Å². The van der Waals surface area contributed by atoms with Gasteiger partial charge in [-0.15, -0.1) is 0 Å². The lowest BCUT2D eigenvalue weighted by atomic mass is 9.79. The first kappa shape index (κ1) is 21.1. The van der Waals surface area contributed by atoms with Gasteiger partial charge in [0.2, 0.25) is 0 Å². The fourth-order valence-electron chi connectivity index (χ4n) is 4.01. The molecule has 0 spiro atoms. The van der Waals surface area contributed by atoms with Crippen LogP contribution in [0.4, 0.5) is 0 Å². The minimum Gasteiger partial charge on any atom is -0.422 e. The molecule has 1 saturated carbocycles. The summed E-state index contributed by atoms with van der Waals surface area (Å²) < 4.78 is 5.54. The summed E-state index contributed by atoms with van der Waals surface area (Å²) in [5.41, 5.74) is 3.33. The molecular formula is C26H31NO2. The van der Waals surface area contributed by atoms with Crippen molar-refractivity contribution in [2.24, 2.45) is 11.8 Å². The third-order valence-electron chi connectivity index (χ3n) is 6.01. The van der Waals surface area contributed by atoms with Crippen LogP contribution in [0.2, 0.25) is 0 Å². The Morgan fingerprint density at radius 2 is 1.79 bits per heavy atom. The molecule has 3 heteroatoms. The zero-order valence-electron chi connectivity index (χ0n) is 17.8. The number of benzene rings is 2. The van der Waals surface area contributed by atoms with Gasteiger partial charge in [0.15, 0.2) is 0 Å². The highest BCUT2D eigenvalue weighted by molar-refractivity contribution is 5.91. The molecule has 1 aliphatic rings. The normalized spacial score (nSPS) is 19.0. The van der Waals surface area contributed by atoms with Crippen LogP contribution in [-0.4, -0.2) is 5.97 Å². The number of hydrogen-bond acceptors (Lipinski definition) is 3. The molecule has 0 saturated heterocycles. The average molecular weight is 390 g/mol.